The molecule has 0 spiro atoms. The Morgan fingerprint density at radius 1 is 1.04 bits per heavy atom. The number of alkyl halides is 1. The fraction of sp³-hybridized carbons (Fsp3) is 0.438. The number of amides is 3. The number of nitrogens with one attached hydrogen (secondary N) is 1. The summed E-state index contributed by atoms with van der Waals surface area (Å²) in [5.74, 6) is -3.83. The summed E-state index contributed by atoms with van der Waals surface area (Å²) in [6.45, 7) is 0.721. The minimum atomic E-state index is -4.98. The van der Waals surface area contributed by atoms with Gasteiger partial charge in [-0.05, 0) is 60.4 Å². The molecule has 3 saturated heterocycles. The number of likely N-dealkylation sites (tertiary alicyclic amines) is 1. The molecule has 0 radical (unpaired) electrons. The highest BCUT2D eigenvalue weighted by Crippen LogP contribution is 2.53. The number of fused-ring (bicyclic) bond motifs is 2. The first-order valence-electron chi connectivity index (χ1n) is 15.1. The van der Waals surface area contributed by atoms with Gasteiger partial charge in [0, 0.05) is 29.7 Å². The molecule has 3 fully saturated rings. The van der Waals surface area contributed by atoms with Crippen LogP contribution in [0.1, 0.15) is 71.2 Å². The van der Waals surface area contributed by atoms with Gasteiger partial charge in [-0.25, -0.2) is 4.39 Å². The number of halogens is 1. The molecule has 45 heavy (non-hydrogen) atoms. The molecule has 2 aromatic carbocycles. The Morgan fingerprint density at radius 2 is 1.80 bits per heavy atom. The van der Waals surface area contributed by atoms with E-state index in [4.69, 9.17) is 0 Å². The van der Waals surface area contributed by atoms with Crippen LogP contribution in [-0.2, 0) is 14.2 Å². The molecule has 0 aliphatic carbocycles. The molecule has 4 heterocycles. The lowest BCUT2D eigenvalue weighted by molar-refractivity contribution is -0.146. The standard InChI is InChI=1S/C32H34FN4O6PS/c33-29(44(41,42)43)20-10-13-27-21(14-20)15-28(45-27)30(38)35-25-9-5-4-8-23-11-12-26(37(23)31(25)39)32(40)36-17-22(16-34)24(18-36)19-6-2-1-3-7-19/h1-3,6-7,10,13-15,22-26,29H,4-5,8-9,11-12,17-18H2,(H,35,38)(H2,41,42,43)/t22-,23+,24+,25?,26+,29?/m1/s1. The predicted octanol–water partition coefficient (Wildman–Crippen LogP) is 4.84. The third-order valence-electron chi connectivity index (χ3n) is 9.29. The highest BCUT2D eigenvalue weighted by molar-refractivity contribution is 7.51. The second-order valence-electron chi connectivity index (χ2n) is 12.1. The van der Waals surface area contributed by atoms with Gasteiger partial charge in [-0.15, -0.1) is 11.3 Å². The minimum Gasteiger partial charge on any atom is -0.340 e. The molecule has 1 aromatic heterocycles. The molecule has 3 amide bonds. The Hall–Kier alpha value is -3.62. The number of rotatable bonds is 6. The first kappa shape index (κ1) is 31.4. The third kappa shape index (κ3) is 6.27. The van der Waals surface area contributed by atoms with Gasteiger partial charge in [-0.3, -0.25) is 18.9 Å². The lowest BCUT2D eigenvalue weighted by Crippen LogP contribution is -2.56. The van der Waals surface area contributed by atoms with Crippen molar-refractivity contribution in [3.63, 3.8) is 0 Å². The summed E-state index contributed by atoms with van der Waals surface area (Å²) in [6, 6.07) is 16.1. The summed E-state index contributed by atoms with van der Waals surface area (Å²) < 4.78 is 26.3. The number of carbonyl (C=O) groups is 3. The summed E-state index contributed by atoms with van der Waals surface area (Å²) in [7, 11) is -4.98. The maximum absolute atomic E-state index is 14.3. The molecule has 3 N–H and O–H groups in total. The third-order valence-corrected chi connectivity index (χ3v) is 11.3. The fourth-order valence-electron chi connectivity index (χ4n) is 7.02. The van der Waals surface area contributed by atoms with E-state index >= 15 is 0 Å². The number of carbonyl (C=O) groups excluding carboxylic acids is 3. The maximum Gasteiger partial charge on any atom is 0.363 e. The zero-order chi connectivity index (χ0) is 31.9. The van der Waals surface area contributed by atoms with Crippen molar-refractivity contribution in [1.29, 1.82) is 5.26 Å². The highest BCUT2D eigenvalue weighted by Gasteiger charge is 2.47. The van der Waals surface area contributed by atoms with Crippen molar-refractivity contribution in [1.82, 2.24) is 15.1 Å². The summed E-state index contributed by atoms with van der Waals surface area (Å²) in [4.78, 5) is 63.5. The molecule has 13 heteroatoms. The van der Waals surface area contributed by atoms with Gasteiger partial charge in [-0.2, -0.15) is 5.26 Å². The van der Waals surface area contributed by atoms with Crippen LogP contribution in [0.15, 0.2) is 54.6 Å². The zero-order valence-corrected chi connectivity index (χ0v) is 26.1. The van der Waals surface area contributed by atoms with Gasteiger partial charge in [0.25, 0.3) is 5.91 Å². The Balaban J connectivity index is 1.18. The monoisotopic (exact) mass is 652 g/mol. The van der Waals surface area contributed by atoms with Gasteiger partial charge in [0.2, 0.25) is 17.7 Å². The van der Waals surface area contributed by atoms with Crippen LogP contribution in [0.25, 0.3) is 10.1 Å². The largest absolute Gasteiger partial charge is 0.363 e. The van der Waals surface area contributed by atoms with Crippen LogP contribution in [0, 0.1) is 17.2 Å². The molecule has 3 aliphatic heterocycles. The van der Waals surface area contributed by atoms with Crippen molar-refractivity contribution in [2.75, 3.05) is 13.1 Å². The Labute approximate surface area is 264 Å². The van der Waals surface area contributed by atoms with Crippen molar-refractivity contribution >= 4 is 46.7 Å². The molecule has 3 aromatic rings. The summed E-state index contributed by atoms with van der Waals surface area (Å²) in [5, 5.41) is 13.2. The van der Waals surface area contributed by atoms with Gasteiger partial charge in [0.15, 0.2) is 0 Å². The summed E-state index contributed by atoms with van der Waals surface area (Å²) in [6.07, 6.45) is 4.03. The normalized spacial score (nSPS) is 26.2. The van der Waals surface area contributed by atoms with E-state index in [9.17, 15) is 38.4 Å². The fourth-order valence-corrected chi connectivity index (χ4v) is 8.51. The topological polar surface area (TPSA) is 151 Å². The van der Waals surface area contributed by atoms with Crippen LogP contribution in [0.4, 0.5) is 4.39 Å². The molecule has 2 unspecified atom stereocenters. The zero-order valence-electron chi connectivity index (χ0n) is 24.4. The van der Waals surface area contributed by atoms with E-state index < -0.39 is 31.5 Å². The number of benzene rings is 2. The Kier molecular flexibility index (Phi) is 8.81. The van der Waals surface area contributed by atoms with Gasteiger partial charge < -0.3 is 24.9 Å². The number of hydrogen-bond acceptors (Lipinski definition) is 6. The SMILES string of the molecule is N#C[C@@H]1CN(C(=O)[C@@H]2CC[C@@H]3CCCCC(NC(=O)c4cc5cc(C(F)P(=O)(O)O)ccc5s4)C(=O)N32)C[C@H]1c1ccccc1. The first-order valence-corrected chi connectivity index (χ1v) is 17.6. The van der Waals surface area contributed by atoms with Crippen molar-refractivity contribution in [3.8, 4) is 6.07 Å². The van der Waals surface area contributed by atoms with Crippen LogP contribution in [0.3, 0.4) is 0 Å². The maximum atomic E-state index is 14.3. The average molecular weight is 653 g/mol. The van der Waals surface area contributed by atoms with Crippen molar-refractivity contribution < 1.29 is 33.1 Å². The Bertz CT molecular complexity index is 1710. The molecule has 3 aliphatic rings. The van der Waals surface area contributed by atoms with Crippen LogP contribution in [0.5, 0.6) is 0 Å². The van der Waals surface area contributed by atoms with E-state index in [1.807, 2.05) is 30.3 Å². The van der Waals surface area contributed by atoms with Crippen LogP contribution < -0.4 is 5.32 Å². The van der Waals surface area contributed by atoms with E-state index in [1.165, 1.54) is 24.3 Å². The van der Waals surface area contributed by atoms with E-state index in [0.717, 1.165) is 36.2 Å². The van der Waals surface area contributed by atoms with Crippen molar-refractivity contribution in [2.45, 2.75) is 68.5 Å². The van der Waals surface area contributed by atoms with Crippen molar-refractivity contribution in [2.24, 2.45) is 5.92 Å². The smallest absolute Gasteiger partial charge is 0.340 e. The minimum absolute atomic E-state index is 0.0996. The number of thiophene rings is 1. The number of nitrogens with zero attached hydrogens (tertiary/aromatic N) is 3. The van der Waals surface area contributed by atoms with Gasteiger partial charge >= 0.3 is 7.60 Å². The molecule has 0 bridgehead atoms. The summed E-state index contributed by atoms with van der Waals surface area (Å²) >= 11 is 1.13. The molecular weight excluding hydrogens is 618 g/mol. The van der Waals surface area contributed by atoms with Gasteiger partial charge in [0.1, 0.15) is 12.1 Å². The van der Waals surface area contributed by atoms with Crippen LogP contribution in [-0.4, -0.2) is 68.5 Å². The second-order valence-corrected chi connectivity index (χ2v) is 14.8. The van der Waals surface area contributed by atoms with Gasteiger partial charge in [-0.1, -0.05) is 49.2 Å². The van der Waals surface area contributed by atoms with Crippen LogP contribution >= 0.6 is 18.9 Å². The molecule has 0 saturated carbocycles. The Morgan fingerprint density at radius 3 is 2.53 bits per heavy atom. The van der Waals surface area contributed by atoms with Crippen molar-refractivity contribution in [3.05, 3.63) is 70.6 Å². The molecule has 6 atom stereocenters. The predicted molar refractivity (Wildman–Crippen MR) is 166 cm³/mol. The van der Waals surface area contributed by atoms with E-state index in [1.54, 1.807) is 9.80 Å². The number of hydrogen-bond donors (Lipinski definition) is 3. The quantitative estimate of drug-likeness (QED) is 0.322. The molecule has 10 nitrogen and oxygen atoms in total. The van der Waals surface area contributed by atoms with Crippen LogP contribution in [0.2, 0.25) is 0 Å². The second kappa shape index (κ2) is 12.6. The van der Waals surface area contributed by atoms with Gasteiger partial charge in [0.05, 0.1) is 16.9 Å². The van der Waals surface area contributed by atoms with E-state index in [2.05, 4.69) is 11.4 Å². The first-order chi connectivity index (χ1) is 21.5. The van der Waals surface area contributed by atoms with E-state index in [0.29, 0.717) is 42.4 Å². The number of nitriles is 1. The highest BCUT2D eigenvalue weighted by atomic mass is 32.1. The lowest BCUT2D eigenvalue weighted by Gasteiger charge is -2.36. The molecule has 236 valence electrons. The molecular formula is C32H34FN4O6PS. The molecule has 6 rings (SSSR count). The summed E-state index contributed by atoms with van der Waals surface area (Å²) in [5.41, 5.74) is 0.832. The average Bonchev–Trinajstić information content (AvgIpc) is 3.77. The van der Waals surface area contributed by atoms with E-state index in [-0.39, 0.29) is 40.1 Å². The lowest BCUT2D eigenvalue weighted by atomic mass is 9.90.